The Morgan fingerprint density at radius 3 is 1.76 bits per heavy atom. The van der Waals surface area contributed by atoms with Gasteiger partial charge in [-0.25, -0.2) is 0 Å². The van der Waals surface area contributed by atoms with Gasteiger partial charge in [0.15, 0.2) is 0 Å². The van der Waals surface area contributed by atoms with Crippen molar-refractivity contribution in [1.29, 1.82) is 0 Å². The molecule has 140 valence electrons. The van der Waals surface area contributed by atoms with Crippen LogP contribution in [0.5, 0.6) is 0 Å². The van der Waals surface area contributed by atoms with Gasteiger partial charge in [0.2, 0.25) is 0 Å². The second kappa shape index (κ2) is 7.66. The molecule has 0 bridgehead atoms. The quantitative estimate of drug-likeness (QED) is 0.224. The molecule has 29 heavy (non-hydrogen) atoms. The van der Waals surface area contributed by atoms with Crippen LogP contribution in [0.2, 0.25) is 0 Å². The van der Waals surface area contributed by atoms with Gasteiger partial charge in [-0.2, -0.15) is 0 Å². The molecule has 0 saturated carbocycles. The fraction of sp³-hybridized carbons (Fsp3) is 0. The van der Waals surface area contributed by atoms with Gasteiger partial charge in [-0.05, 0) is 64.7 Å². The first-order chi connectivity index (χ1) is 14.2. The molecule has 0 spiro atoms. The van der Waals surface area contributed by atoms with Crippen LogP contribution in [-0.2, 0) is 0 Å². The van der Waals surface area contributed by atoms with Crippen LogP contribution in [0.4, 0.5) is 0 Å². The van der Waals surface area contributed by atoms with Crippen molar-refractivity contribution in [3.8, 4) is 11.1 Å². The van der Waals surface area contributed by atoms with Gasteiger partial charge in [0, 0.05) is 19.7 Å². The fourth-order valence-electron chi connectivity index (χ4n) is 3.49. The molecule has 0 unspecified atom stereocenters. The zero-order valence-corrected chi connectivity index (χ0v) is 18.6. The zero-order valence-electron chi connectivity index (χ0n) is 15.4. The van der Waals surface area contributed by atoms with Crippen molar-refractivity contribution in [2.45, 2.75) is 0 Å². The molecule has 0 aliphatic rings. The number of furan rings is 1. The number of rotatable bonds is 3. The molecule has 0 amide bonds. The molecule has 0 aliphatic carbocycles. The van der Waals surface area contributed by atoms with E-state index in [1.54, 1.807) is 0 Å². The molecule has 0 atom stereocenters. The van der Waals surface area contributed by atoms with Crippen molar-refractivity contribution in [3.63, 3.8) is 0 Å². The maximum atomic E-state index is 6.03. The molecule has 1 nitrogen and oxygen atoms in total. The summed E-state index contributed by atoms with van der Waals surface area (Å²) in [4.78, 5) is 0. The van der Waals surface area contributed by atoms with Crippen molar-refractivity contribution < 1.29 is 4.42 Å². The minimum absolute atomic E-state index is 0.902. The standard InChI is InChI=1S/C26H16Br2O/c27-21-10-8-20(9-11-21)19-6-3-17(4-7-19)1-2-18-5-13-23-24-14-12-22(28)16-26(24)29-25(23)15-18/h1-16H/b2-1+. The van der Waals surface area contributed by atoms with Crippen LogP contribution in [0, 0.1) is 0 Å². The SMILES string of the molecule is Brc1ccc(-c2ccc(/C=C/c3ccc4c(c3)oc3cc(Br)ccc34)cc2)cc1. The average molecular weight is 504 g/mol. The molecule has 0 radical (unpaired) electrons. The summed E-state index contributed by atoms with van der Waals surface area (Å²) in [5, 5.41) is 2.28. The molecule has 5 aromatic rings. The van der Waals surface area contributed by atoms with E-state index in [4.69, 9.17) is 4.42 Å². The van der Waals surface area contributed by atoms with Crippen LogP contribution in [-0.4, -0.2) is 0 Å². The Hall–Kier alpha value is -2.62. The van der Waals surface area contributed by atoms with Crippen LogP contribution in [0.25, 0.3) is 45.2 Å². The molecule has 0 N–H and O–H groups in total. The molecular formula is C26H16Br2O. The average Bonchev–Trinajstić information content (AvgIpc) is 3.10. The monoisotopic (exact) mass is 502 g/mol. The van der Waals surface area contributed by atoms with Gasteiger partial charge in [-0.15, -0.1) is 0 Å². The number of hydrogen-bond acceptors (Lipinski definition) is 1. The predicted molar refractivity (Wildman–Crippen MR) is 130 cm³/mol. The number of benzene rings is 4. The summed E-state index contributed by atoms with van der Waals surface area (Å²) in [6, 6.07) is 29.5. The summed E-state index contributed by atoms with van der Waals surface area (Å²) >= 11 is 6.99. The van der Waals surface area contributed by atoms with Crippen molar-refractivity contribution >= 4 is 66.0 Å². The first kappa shape index (κ1) is 18.4. The van der Waals surface area contributed by atoms with E-state index in [0.717, 1.165) is 36.4 Å². The van der Waals surface area contributed by atoms with Gasteiger partial charge >= 0.3 is 0 Å². The molecule has 1 heterocycles. The lowest BCUT2D eigenvalue weighted by Crippen LogP contribution is -1.78. The highest BCUT2D eigenvalue weighted by Crippen LogP contribution is 2.31. The van der Waals surface area contributed by atoms with Gasteiger partial charge in [0.25, 0.3) is 0 Å². The normalized spacial score (nSPS) is 11.7. The molecule has 5 rings (SSSR count). The van der Waals surface area contributed by atoms with E-state index in [1.165, 1.54) is 16.7 Å². The Labute approximate surface area is 185 Å². The van der Waals surface area contributed by atoms with Crippen molar-refractivity contribution in [3.05, 3.63) is 105 Å². The third kappa shape index (κ3) is 3.81. The van der Waals surface area contributed by atoms with Crippen LogP contribution >= 0.6 is 31.9 Å². The van der Waals surface area contributed by atoms with E-state index >= 15 is 0 Å². The van der Waals surface area contributed by atoms with Crippen molar-refractivity contribution in [2.24, 2.45) is 0 Å². The Morgan fingerprint density at radius 1 is 0.517 bits per heavy atom. The van der Waals surface area contributed by atoms with E-state index in [9.17, 15) is 0 Å². The van der Waals surface area contributed by atoms with Gasteiger partial charge in [-0.3, -0.25) is 0 Å². The van der Waals surface area contributed by atoms with Gasteiger partial charge in [0.1, 0.15) is 11.2 Å². The summed E-state index contributed by atoms with van der Waals surface area (Å²) < 4.78 is 8.15. The predicted octanol–water partition coefficient (Wildman–Crippen LogP) is 8.95. The maximum absolute atomic E-state index is 6.03. The summed E-state index contributed by atoms with van der Waals surface area (Å²) in [5.41, 5.74) is 6.52. The third-order valence-corrected chi connectivity index (χ3v) is 6.04. The van der Waals surface area contributed by atoms with Crippen LogP contribution < -0.4 is 0 Å². The second-order valence-electron chi connectivity index (χ2n) is 6.96. The van der Waals surface area contributed by atoms with Crippen LogP contribution in [0.3, 0.4) is 0 Å². The molecule has 4 aromatic carbocycles. The highest BCUT2D eigenvalue weighted by Gasteiger charge is 2.07. The first-order valence-corrected chi connectivity index (χ1v) is 10.9. The highest BCUT2D eigenvalue weighted by atomic mass is 79.9. The molecule has 0 fully saturated rings. The summed E-state index contributed by atoms with van der Waals surface area (Å²) in [6.45, 7) is 0. The molecule has 3 heteroatoms. The summed E-state index contributed by atoms with van der Waals surface area (Å²) in [7, 11) is 0. The Morgan fingerprint density at radius 2 is 1.03 bits per heavy atom. The number of halogens is 2. The molecule has 0 saturated heterocycles. The lowest BCUT2D eigenvalue weighted by atomic mass is 10.0. The smallest absolute Gasteiger partial charge is 0.136 e. The maximum Gasteiger partial charge on any atom is 0.136 e. The van der Waals surface area contributed by atoms with Crippen LogP contribution in [0.1, 0.15) is 11.1 Å². The van der Waals surface area contributed by atoms with E-state index in [2.05, 4.69) is 117 Å². The van der Waals surface area contributed by atoms with Crippen molar-refractivity contribution in [2.75, 3.05) is 0 Å². The Bertz CT molecular complexity index is 1340. The molecule has 0 aliphatic heterocycles. The molecular weight excluding hydrogens is 488 g/mol. The van der Waals surface area contributed by atoms with Crippen LogP contribution in [0.15, 0.2) is 98.3 Å². The summed E-state index contributed by atoms with van der Waals surface area (Å²) in [6.07, 6.45) is 4.25. The summed E-state index contributed by atoms with van der Waals surface area (Å²) in [5.74, 6) is 0. The topological polar surface area (TPSA) is 13.1 Å². The number of hydrogen-bond donors (Lipinski definition) is 0. The second-order valence-corrected chi connectivity index (χ2v) is 8.79. The zero-order chi connectivity index (χ0) is 19.8. The van der Waals surface area contributed by atoms with Gasteiger partial charge in [-0.1, -0.05) is 86.5 Å². The minimum atomic E-state index is 0.902. The van der Waals surface area contributed by atoms with E-state index in [-0.39, 0.29) is 0 Å². The molecule has 1 aromatic heterocycles. The highest BCUT2D eigenvalue weighted by molar-refractivity contribution is 9.10. The Kier molecular flexibility index (Phi) is 4.86. The fourth-order valence-corrected chi connectivity index (χ4v) is 4.10. The third-order valence-electron chi connectivity index (χ3n) is 5.02. The van der Waals surface area contributed by atoms with E-state index < -0.39 is 0 Å². The lowest BCUT2D eigenvalue weighted by Gasteiger charge is -2.02. The minimum Gasteiger partial charge on any atom is -0.456 e. The van der Waals surface area contributed by atoms with E-state index in [1.807, 2.05) is 12.1 Å². The van der Waals surface area contributed by atoms with Crippen molar-refractivity contribution in [1.82, 2.24) is 0 Å². The first-order valence-electron chi connectivity index (χ1n) is 9.32. The van der Waals surface area contributed by atoms with E-state index in [0.29, 0.717) is 0 Å². The largest absolute Gasteiger partial charge is 0.456 e. The number of fused-ring (bicyclic) bond motifs is 3. The van der Waals surface area contributed by atoms with Gasteiger partial charge < -0.3 is 4.42 Å². The Balaban J connectivity index is 1.41. The van der Waals surface area contributed by atoms with Gasteiger partial charge in [0.05, 0.1) is 0 Å². The lowest BCUT2D eigenvalue weighted by molar-refractivity contribution is 0.668.